The molecular formula is C9H14F4O2. The average Bonchev–Trinajstić information content (AvgIpc) is 2.14. The van der Waals surface area contributed by atoms with Crippen molar-refractivity contribution in [3.63, 3.8) is 0 Å². The minimum absolute atomic E-state index is 0.0839. The van der Waals surface area contributed by atoms with Crippen molar-refractivity contribution in [2.24, 2.45) is 5.92 Å². The number of rotatable bonds is 7. The van der Waals surface area contributed by atoms with Gasteiger partial charge in [0.1, 0.15) is 6.17 Å². The van der Waals surface area contributed by atoms with E-state index in [2.05, 4.69) is 0 Å². The van der Waals surface area contributed by atoms with E-state index in [4.69, 9.17) is 5.11 Å². The number of halogens is 4. The monoisotopic (exact) mass is 230 g/mol. The van der Waals surface area contributed by atoms with Gasteiger partial charge in [-0.05, 0) is 6.42 Å². The normalized spacial score (nSPS) is 17.5. The topological polar surface area (TPSA) is 37.3 Å². The van der Waals surface area contributed by atoms with Crippen molar-refractivity contribution in [3.8, 4) is 0 Å². The zero-order valence-corrected chi connectivity index (χ0v) is 8.30. The smallest absolute Gasteiger partial charge is 0.303 e. The van der Waals surface area contributed by atoms with Crippen molar-refractivity contribution in [1.29, 1.82) is 0 Å². The van der Waals surface area contributed by atoms with E-state index in [1.807, 2.05) is 0 Å². The Balaban J connectivity index is 4.39. The highest BCUT2D eigenvalue weighted by atomic mass is 19.3. The molecule has 0 bridgehead atoms. The molecule has 0 aliphatic heterocycles. The Bertz CT molecular complexity index is 199. The summed E-state index contributed by atoms with van der Waals surface area (Å²) < 4.78 is 49.5. The first-order valence-electron chi connectivity index (χ1n) is 4.68. The van der Waals surface area contributed by atoms with Gasteiger partial charge in [-0.25, -0.2) is 17.6 Å². The Morgan fingerprint density at radius 1 is 1.20 bits per heavy atom. The minimum Gasteiger partial charge on any atom is -0.481 e. The van der Waals surface area contributed by atoms with E-state index in [0.717, 1.165) is 0 Å². The van der Waals surface area contributed by atoms with E-state index in [1.54, 1.807) is 6.92 Å². The summed E-state index contributed by atoms with van der Waals surface area (Å²) in [4.78, 5) is 10.3. The van der Waals surface area contributed by atoms with Gasteiger partial charge in [-0.15, -0.1) is 0 Å². The molecule has 15 heavy (non-hydrogen) atoms. The molecule has 0 aliphatic rings. The zero-order chi connectivity index (χ0) is 12.0. The van der Waals surface area contributed by atoms with Crippen LogP contribution in [0.1, 0.15) is 26.2 Å². The van der Waals surface area contributed by atoms with Gasteiger partial charge < -0.3 is 5.11 Å². The van der Waals surface area contributed by atoms with E-state index >= 15 is 0 Å². The van der Waals surface area contributed by atoms with Crippen LogP contribution >= 0.6 is 0 Å². The third-order valence-corrected chi connectivity index (χ3v) is 2.09. The SMILES string of the molecule is CCCC(CC(=O)O)C(F)C(F)C(F)F. The predicted molar refractivity (Wildman–Crippen MR) is 46.4 cm³/mol. The van der Waals surface area contributed by atoms with Crippen LogP contribution in [-0.2, 0) is 4.79 Å². The van der Waals surface area contributed by atoms with Gasteiger partial charge in [0, 0.05) is 5.92 Å². The molecule has 0 spiro atoms. The number of carbonyl (C=O) groups is 1. The minimum atomic E-state index is -3.41. The highest BCUT2D eigenvalue weighted by Crippen LogP contribution is 2.26. The molecule has 3 atom stereocenters. The number of carboxylic acid groups (broad SMARTS) is 1. The second kappa shape index (κ2) is 6.63. The maximum absolute atomic E-state index is 13.1. The number of hydrogen-bond acceptors (Lipinski definition) is 1. The Labute approximate surface area is 85.3 Å². The van der Waals surface area contributed by atoms with E-state index in [0.29, 0.717) is 6.42 Å². The van der Waals surface area contributed by atoms with Crippen molar-refractivity contribution >= 4 is 5.97 Å². The van der Waals surface area contributed by atoms with Crippen molar-refractivity contribution in [1.82, 2.24) is 0 Å². The lowest BCUT2D eigenvalue weighted by Crippen LogP contribution is -2.33. The van der Waals surface area contributed by atoms with Gasteiger partial charge in [-0.1, -0.05) is 13.3 Å². The molecule has 0 heterocycles. The quantitative estimate of drug-likeness (QED) is 0.683. The summed E-state index contributed by atoms with van der Waals surface area (Å²) in [6.45, 7) is 1.65. The van der Waals surface area contributed by atoms with Gasteiger partial charge in [0.2, 0.25) is 0 Å². The standard InChI is InChI=1S/C9H14F4O2/c1-2-3-5(4-6(14)15)7(10)8(11)9(12)13/h5,7-9H,2-4H2,1H3,(H,14,15). The Hall–Kier alpha value is -0.810. The molecule has 1 N–H and O–H groups in total. The average molecular weight is 230 g/mol. The molecule has 3 unspecified atom stereocenters. The summed E-state index contributed by atoms with van der Waals surface area (Å²) in [6, 6.07) is 0. The summed E-state index contributed by atoms with van der Waals surface area (Å²) in [5, 5.41) is 8.40. The second-order valence-electron chi connectivity index (χ2n) is 3.37. The molecular weight excluding hydrogens is 216 g/mol. The van der Waals surface area contributed by atoms with E-state index in [9.17, 15) is 22.4 Å². The first-order chi connectivity index (χ1) is 6.90. The molecule has 0 fully saturated rings. The molecule has 0 amide bonds. The molecule has 6 heteroatoms. The number of carboxylic acids is 1. The van der Waals surface area contributed by atoms with Crippen LogP contribution in [0, 0.1) is 5.92 Å². The van der Waals surface area contributed by atoms with Crippen LogP contribution in [0.3, 0.4) is 0 Å². The fourth-order valence-electron chi connectivity index (χ4n) is 1.37. The van der Waals surface area contributed by atoms with Crippen molar-refractivity contribution in [2.75, 3.05) is 0 Å². The summed E-state index contributed by atoms with van der Waals surface area (Å²) in [5.41, 5.74) is 0. The fraction of sp³-hybridized carbons (Fsp3) is 0.889. The molecule has 0 radical (unpaired) electrons. The van der Waals surface area contributed by atoms with E-state index in [-0.39, 0.29) is 6.42 Å². The molecule has 2 nitrogen and oxygen atoms in total. The first-order valence-corrected chi connectivity index (χ1v) is 4.68. The van der Waals surface area contributed by atoms with Crippen LogP contribution in [-0.4, -0.2) is 29.8 Å². The maximum atomic E-state index is 13.1. The molecule has 0 aliphatic carbocycles. The van der Waals surface area contributed by atoms with Crippen LogP contribution in [0.4, 0.5) is 17.6 Å². The van der Waals surface area contributed by atoms with Crippen LogP contribution in [0.5, 0.6) is 0 Å². The lowest BCUT2D eigenvalue weighted by Gasteiger charge is -2.21. The van der Waals surface area contributed by atoms with Crippen molar-refractivity contribution in [3.05, 3.63) is 0 Å². The zero-order valence-electron chi connectivity index (χ0n) is 8.30. The number of hydrogen-bond donors (Lipinski definition) is 1. The van der Waals surface area contributed by atoms with Gasteiger partial charge in [0.15, 0.2) is 6.17 Å². The van der Waals surface area contributed by atoms with E-state index < -0.39 is 37.1 Å². The molecule has 90 valence electrons. The Morgan fingerprint density at radius 3 is 2.07 bits per heavy atom. The van der Waals surface area contributed by atoms with Crippen LogP contribution in [0.2, 0.25) is 0 Å². The third kappa shape index (κ3) is 4.99. The van der Waals surface area contributed by atoms with Crippen molar-refractivity contribution in [2.45, 2.75) is 45.0 Å². The van der Waals surface area contributed by atoms with Gasteiger partial charge in [-0.3, -0.25) is 4.79 Å². The maximum Gasteiger partial charge on any atom is 0.303 e. The van der Waals surface area contributed by atoms with Crippen molar-refractivity contribution < 1.29 is 27.5 Å². The summed E-state index contributed by atoms with van der Waals surface area (Å²) >= 11 is 0. The van der Waals surface area contributed by atoms with Gasteiger partial charge >= 0.3 is 5.97 Å². The molecule has 0 saturated heterocycles. The molecule has 0 aromatic heterocycles. The first kappa shape index (κ1) is 14.2. The highest BCUT2D eigenvalue weighted by molar-refractivity contribution is 5.67. The van der Waals surface area contributed by atoms with Crippen LogP contribution in [0.15, 0.2) is 0 Å². The predicted octanol–water partition coefficient (Wildman–Crippen LogP) is 2.82. The summed E-state index contributed by atoms with van der Waals surface area (Å²) in [6.07, 6.45) is -8.84. The molecule has 0 saturated carbocycles. The third-order valence-electron chi connectivity index (χ3n) is 2.09. The lowest BCUT2D eigenvalue weighted by molar-refractivity contribution is -0.139. The number of aliphatic carboxylic acids is 1. The largest absolute Gasteiger partial charge is 0.481 e. The van der Waals surface area contributed by atoms with Gasteiger partial charge in [0.25, 0.3) is 6.43 Å². The Morgan fingerprint density at radius 2 is 1.73 bits per heavy atom. The van der Waals surface area contributed by atoms with Crippen LogP contribution < -0.4 is 0 Å². The summed E-state index contributed by atoms with van der Waals surface area (Å²) in [7, 11) is 0. The summed E-state index contributed by atoms with van der Waals surface area (Å²) in [5.74, 6) is -2.49. The van der Waals surface area contributed by atoms with Gasteiger partial charge in [0.05, 0.1) is 6.42 Å². The molecule has 0 aromatic rings. The second-order valence-corrected chi connectivity index (χ2v) is 3.37. The number of alkyl halides is 4. The lowest BCUT2D eigenvalue weighted by atomic mass is 9.92. The Kier molecular flexibility index (Phi) is 6.27. The van der Waals surface area contributed by atoms with Gasteiger partial charge in [-0.2, -0.15) is 0 Å². The van der Waals surface area contributed by atoms with Crippen LogP contribution in [0.25, 0.3) is 0 Å². The van der Waals surface area contributed by atoms with E-state index in [1.165, 1.54) is 0 Å². The highest BCUT2D eigenvalue weighted by Gasteiger charge is 2.36. The molecule has 0 aromatic carbocycles. The fourth-order valence-corrected chi connectivity index (χ4v) is 1.37. The molecule has 0 rings (SSSR count).